The van der Waals surface area contributed by atoms with Crippen molar-refractivity contribution in [2.24, 2.45) is 5.92 Å². The van der Waals surface area contributed by atoms with Crippen molar-refractivity contribution in [3.63, 3.8) is 0 Å². The van der Waals surface area contributed by atoms with Crippen molar-refractivity contribution in [1.29, 1.82) is 0 Å². The van der Waals surface area contributed by atoms with E-state index in [2.05, 4.69) is 29.4 Å². The molecule has 2 rings (SSSR count). The predicted octanol–water partition coefficient (Wildman–Crippen LogP) is 2.03. The first-order valence-electron chi connectivity index (χ1n) is 6.56. The molecule has 1 aromatic rings. The second kappa shape index (κ2) is 6.72. The van der Waals surface area contributed by atoms with Crippen LogP contribution in [0.3, 0.4) is 0 Å². The van der Waals surface area contributed by atoms with Crippen LogP contribution < -0.4 is 5.32 Å². The molecule has 0 spiro atoms. The van der Waals surface area contributed by atoms with E-state index in [1.807, 2.05) is 12.4 Å². The van der Waals surface area contributed by atoms with E-state index in [0.717, 1.165) is 32.1 Å². The maximum atomic E-state index is 5.39. The Balaban J connectivity index is 1.67. The highest BCUT2D eigenvalue weighted by Crippen LogP contribution is 2.18. The van der Waals surface area contributed by atoms with Gasteiger partial charge in [0.05, 0.1) is 0 Å². The largest absolute Gasteiger partial charge is 0.381 e. The minimum atomic E-state index is 0.598. The van der Waals surface area contributed by atoms with E-state index >= 15 is 0 Å². The summed E-state index contributed by atoms with van der Waals surface area (Å²) in [5.41, 5.74) is 1.35. The van der Waals surface area contributed by atoms with E-state index in [1.165, 1.54) is 18.4 Å². The summed E-state index contributed by atoms with van der Waals surface area (Å²) in [6, 6.07) is 4.77. The van der Waals surface area contributed by atoms with Crippen molar-refractivity contribution < 1.29 is 4.74 Å². The number of hydrogen-bond donors (Lipinski definition) is 1. The van der Waals surface area contributed by atoms with Crippen LogP contribution in [0.1, 0.15) is 25.3 Å². The molecule has 1 saturated heterocycles. The molecular formula is C14H22N2O. The lowest BCUT2D eigenvalue weighted by Crippen LogP contribution is -2.37. The summed E-state index contributed by atoms with van der Waals surface area (Å²) in [5, 5.41) is 3.62. The standard InChI is InChI=1S/C14H22N2O/c1-12(14-5-10-17-11-6-14)16-9-4-13-2-7-15-8-3-13/h2-3,7-8,12,14,16H,4-6,9-11H2,1H3. The normalized spacial score (nSPS) is 19.1. The predicted molar refractivity (Wildman–Crippen MR) is 68.9 cm³/mol. The lowest BCUT2D eigenvalue weighted by atomic mass is 9.93. The Hall–Kier alpha value is -0.930. The fraction of sp³-hybridized carbons (Fsp3) is 0.643. The monoisotopic (exact) mass is 234 g/mol. The molecule has 1 N–H and O–H groups in total. The van der Waals surface area contributed by atoms with Gasteiger partial charge in [0.1, 0.15) is 0 Å². The van der Waals surface area contributed by atoms with Crippen LogP contribution in [0.15, 0.2) is 24.5 Å². The van der Waals surface area contributed by atoms with E-state index in [1.54, 1.807) is 0 Å². The Morgan fingerprint density at radius 1 is 1.35 bits per heavy atom. The van der Waals surface area contributed by atoms with E-state index in [-0.39, 0.29) is 0 Å². The quantitative estimate of drug-likeness (QED) is 0.846. The Morgan fingerprint density at radius 3 is 2.76 bits per heavy atom. The highest BCUT2D eigenvalue weighted by Gasteiger charge is 2.19. The van der Waals surface area contributed by atoms with Gasteiger partial charge in [0.2, 0.25) is 0 Å². The number of hydrogen-bond acceptors (Lipinski definition) is 3. The first-order valence-corrected chi connectivity index (χ1v) is 6.56. The van der Waals surface area contributed by atoms with Crippen molar-refractivity contribution in [3.8, 4) is 0 Å². The maximum Gasteiger partial charge on any atom is 0.0469 e. The number of nitrogens with zero attached hydrogens (tertiary/aromatic N) is 1. The molecular weight excluding hydrogens is 212 g/mol. The Bertz CT molecular complexity index is 309. The number of pyridine rings is 1. The minimum Gasteiger partial charge on any atom is -0.381 e. The summed E-state index contributed by atoms with van der Waals surface area (Å²) in [7, 11) is 0. The number of ether oxygens (including phenoxy) is 1. The van der Waals surface area contributed by atoms with Crippen LogP contribution in [0.2, 0.25) is 0 Å². The van der Waals surface area contributed by atoms with E-state index in [0.29, 0.717) is 6.04 Å². The SMILES string of the molecule is CC(NCCc1ccncc1)C1CCOCC1. The zero-order valence-electron chi connectivity index (χ0n) is 10.6. The topological polar surface area (TPSA) is 34.2 Å². The van der Waals surface area contributed by atoms with Gasteiger partial charge in [-0.05, 0) is 56.3 Å². The summed E-state index contributed by atoms with van der Waals surface area (Å²) < 4.78 is 5.39. The maximum absolute atomic E-state index is 5.39. The zero-order chi connectivity index (χ0) is 11.9. The summed E-state index contributed by atoms with van der Waals surface area (Å²) in [5.74, 6) is 0.779. The molecule has 94 valence electrons. The Kier molecular flexibility index (Phi) is 4.95. The summed E-state index contributed by atoms with van der Waals surface area (Å²) in [4.78, 5) is 4.03. The third kappa shape index (κ3) is 4.10. The molecule has 1 aliphatic heterocycles. The third-order valence-corrected chi connectivity index (χ3v) is 3.60. The van der Waals surface area contributed by atoms with Crippen molar-refractivity contribution in [2.75, 3.05) is 19.8 Å². The van der Waals surface area contributed by atoms with Crippen molar-refractivity contribution in [1.82, 2.24) is 10.3 Å². The van der Waals surface area contributed by atoms with E-state index in [4.69, 9.17) is 4.74 Å². The lowest BCUT2D eigenvalue weighted by Gasteiger charge is -2.28. The zero-order valence-corrected chi connectivity index (χ0v) is 10.6. The molecule has 1 unspecified atom stereocenters. The molecule has 0 aliphatic carbocycles. The van der Waals surface area contributed by atoms with Crippen LogP contribution in [0, 0.1) is 5.92 Å². The number of aromatic nitrogens is 1. The van der Waals surface area contributed by atoms with Gasteiger partial charge >= 0.3 is 0 Å². The van der Waals surface area contributed by atoms with Crippen molar-refractivity contribution >= 4 is 0 Å². The summed E-state index contributed by atoms with van der Waals surface area (Å²) in [6.07, 6.45) is 7.19. The van der Waals surface area contributed by atoms with Crippen LogP contribution in [-0.2, 0) is 11.2 Å². The molecule has 3 heteroatoms. The minimum absolute atomic E-state index is 0.598. The van der Waals surface area contributed by atoms with Gasteiger partial charge in [-0.15, -0.1) is 0 Å². The van der Waals surface area contributed by atoms with Gasteiger partial charge in [0.15, 0.2) is 0 Å². The molecule has 0 aromatic carbocycles. The summed E-state index contributed by atoms with van der Waals surface area (Å²) in [6.45, 7) is 5.20. The molecule has 17 heavy (non-hydrogen) atoms. The van der Waals surface area contributed by atoms with Crippen molar-refractivity contribution in [2.45, 2.75) is 32.2 Å². The molecule has 1 fully saturated rings. The first-order chi connectivity index (χ1) is 8.36. The van der Waals surface area contributed by atoms with E-state index in [9.17, 15) is 0 Å². The molecule has 0 bridgehead atoms. The lowest BCUT2D eigenvalue weighted by molar-refractivity contribution is 0.0561. The van der Waals surface area contributed by atoms with Gasteiger partial charge in [0, 0.05) is 31.6 Å². The highest BCUT2D eigenvalue weighted by atomic mass is 16.5. The van der Waals surface area contributed by atoms with Gasteiger partial charge in [-0.3, -0.25) is 4.98 Å². The van der Waals surface area contributed by atoms with Crippen LogP contribution in [0.5, 0.6) is 0 Å². The fourth-order valence-corrected chi connectivity index (χ4v) is 2.38. The third-order valence-electron chi connectivity index (χ3n) is 3.60. The van der Waals surface area contributed by atoms with Gasteiger partial charge < -0.3 is 10.1 Å². The van der Waals surface area contributed by atoms with Gasteiger partial charge in [-0.1, -0.05) is 0 Å². The molecule has 2 heterocycles. The van der Waals surface area contributed by atoms with Gasteiger partial charge in [-0.2, -0.15) is 0 Å². The number of nitrogens with one attached hydrogen (secondary N) is 1. The molecule has 1 aromatic heterocycles. The van der Waals surface area contributed by atoms with Crippen LogP contribution in [-0.4, -0.2) is 30.8 Å². The van der Waals surface area contributed by atoms with Crippen LogP contribution in [0.25, 0.3) is 0 Å². The van der Waals surface area contributed by atoms with Crippen LogP contribution >= 0.6 is 0 Å². The van der Waals surface area contributed by atoms with Gasteiger partial charge in [-0.25, -0.2) is 0 Å². The smallest absolute Gasteiger partial charge is 0.0469 e. The van der Waals surface area contributed by atoms with E-state index < -0.39 is 0 Å². The van der Waals surface area contributed by atoms with Crippen molar-refractivity contribution in [3.05, 3.63) is 30.1 Å². The second-order valence-corrected chi connectivity index (χ2v) is 4.80. The average molecular weight is 234 g/mol. The molecule has 3 nitrogen and oxygen atoms in total. The first kappa shape index (κ1) is 12.5. The highest BCUT2D eigenvalue weighted by molar-refractivity contribution is 5.09. The molecule has 1 atom stereocenters. The fourth-order valence-electron chi connectivity index (χ4n) is 2.38. The van der Waals surface area contributed by atoms with Gasteiger partial charge in [0.25, 0.3) is 0 Å². The Morgan fingerprint density at radius 2 is 2.06 bits per heavy atom. The molecule has 0 radical (unpaired) electrons. The number of rotatable bonds is 5. The summed E-state index contributed by atoms with van der Waals surface area (Å²) >= 11 is 0. The average Bonchev–Trinajstić information content (AvgIpc) is 2.41. The molecule has 0 amide bonds. The van der Waals surface area contributed by atoms with Crippen LogP contribution in [0.4, 0.5) is 0 Å². The second-order valence-electron chi connectivity index (χ2n) is 4.80. The molecule has 0 saturated carbocycles. The molecule has 1 aliphatic rings. The Labute approximate surface area is 104 Å².